The van der Waals surface area contributed by atoms with E-state index in [4.69, 9.17) is 111 Å². The molecule has 0 atom stereocenters. The lowest BCUT2D eigenvalue weighted by Gasteiger charge is -2.07. The predicted molar refractivity (Wildman–Crippen MR) is 433 cm³/mol. The van der Waals surface area contributed by atoms with Gasteiger partial charge in [-0.3, -0.25) is 23.5 Å². The molecule has 30 heteroatoms. The Labute approximate surface area is 688 Å². The number of hydrogen-bond donors (Lipinski definition) is 0. The second kappa shape index (κ2) is 55.4. The summed E-state index contributed by atoms with van der Waals surface area (Å²) >= 11 is 23.7. The molecule has 0 aromatic heterocycles. The monoisotopic (exact) mass is 1700 g/mol. The summed E-state index contributed by atoms with van der Waals surface area (Å²) in [6.45, 7) is 13.7. The fourth-order valence-corrected chi connectivity index (χ4v) is 9.30. The van der Waals surface area contributed by atoms with Gasteiger partial charge < -0.3 is 47.4 Å². The number of unbranched alkanes of at least 4 members (excludes halogenated alkanes) is 5. The Kier molecular flexibility index (Phi) is 49.1. The molecule has 10 aromatic carbocycles. The van der Waals surface area contributed by atoms with Gasteiger partial charge in [0.25, 0.3) is 0 Å². The fourth-order valence-electron chi connectivity index (χ4n) is 8.66. The zero-order valence-corrected chi connectivity index (χ0v) is 67.0. The Bertz CT molecular complexity index is 3890. The summed E-state index contributed by atoms with van der Waals surface area (Å²) in [5, 5.41) is 0. The molecule has 15 nitrogen and oxygen atoms in total. The fraction of sp³-hybridized carbons (Fsp3) is 0.235. The summed E-state index contributed by atoms with van der Waals surface area (Å²) in [6, 6.07) is 53.0. The van der Waals surface area contributed by atoms with Crippen LogP contribution in [-0.4, -0.2) is 62.9 Å². The molecule has 0 N–H and O–H groups in total. The second-order valence-corrected chi connectivity index (χ2v) is 25.7. The summed E-state index contributed by atoms with van der Waals surface area (Å²) in [5.41, 5.74) is 1.83. The minimum Gasteiger partial charge on any atom is -0.494 e. The molecule has 115 heavy (non-hydrogen) atoms. The van der Waals surface area contributed by atoms with Gasteiger partial charge in [-0.25, -0.2) is 45.9 Å². The van der Waals surface area contributed by atoms with E-state index >= 15 is 0 Å². The van der Waals surface area contributed by atoms with Crippen molar-refractivity contribution in [2.45, 2.75) is 123 Å². The van der Waals surface area contributed by atoms with E-state index in [9.17, 15) is 45.9 Å². The molecule has 615 valence electrons. The molecule has 0 saturated heterocycles. The van der Waals surface area contributed by atoms with Crippen molar-refractivity contribution in [1.82, 2.24) is 0 Å². The van der Waals surface area contributed by atoms with Crippen molar-refractivity contribution in [3.63, 3.8) is 0 Å². The molecule has 0 aliphatic heterocycles. The molecular weight excluding hydrogens is 1610 g/mol. The van der Waals surface area contributed by atoms with Crippen LogP contribution in [0.15, 0.2) is 237 Å². The SMILES string of the molecule is CCCCOc1ccc(C(=O)Oc2ccc([S])c(F)c2)cc1.CCCCOc1ccc(C(=O)Oc2ccc([S])c(F)c2)cc1.CCCCOc1ccc(C(=O)Oc2ccc([S])c(F)c2)cc1.CCCCOc1ccc(C(=O)Oc2ccc([S])c(F)c2)cc1.CCCCOc1ccc(C(=O)Oc2ccc([S])c(F)c2)cc1.F.F.F.F.F. The highest BCUT2D eigenvalue weighted by atomic mass is 32.1. The lowest BCUT2D eigenvalue weighted by Crippen LogP contribution is -2.08. The molecule has 0 saturated carbocycles. The third-order valence-corrected chi connectivity index (χ3v) is 16.5. The van der Waals surface area contributed by atoms with E-state index in [-0.39, 0.29) is 76.7 Å². The summed E-state index contributed by atoms with van der Waals surface area (Å²) < 4.78 is 120. The molecule has 0 amide bonds. The maximum absolute atomic E-state index is 13.3. The largest absolute Gasteiger partial charge is 0.494 e. The Morgan fingerprint density at radius 1 is 0.226 bits per heavy atom. The van der Waals surface area contributed by atoms with Crippen molar-refractivity contribution in [1.29, 1.82) is 0 Å². The predicted octanol–water partition coefficient (Wildman–Crippen LogP) is 24.7. The van der Waals surface area contributed by atoms with Crippen LogP contribution in [-0.2, 0) is 0 Å². The average Bonchev–Trinajstić information content (AvgIpc) is 0.865. The molecule has 0 bridgehead atoms. The highest BCUT2D eigenvalue weighted by molar-refractivity contribution is 7.81. The van der Waals surface area contributed by atoms with Crippen LogP contribution in [0.25, 0.3) is 0 Å². The normalized spacial score (nSPS) is 9.83. The maximum atomic E-state index is 13.3. The first-order valence-electron chi connectivity index (χ1n) is 35.1. The topological polar surface area (TPSA) is 178 Å². The Balaban J connectivity index is 0.000000711. The molecular formula is C85H85F10O15S5. The van der Waals surface area contributed by atoms with E-state index in [1.807, 2.05) is 0 Å². The van der Waals surface area contributed by atoms with Crippen molar-refractivity contribution >= 4 is 93.0 Å². The van der Waals surface area contributed by atoms with Gasteiger partial charge in [0.15, 0.2) is 0 Å². The van der Waals surface area contributed by atoms with Crippen molar-refractivity contribution in [2.24, 2.45) is 0 Å². The first-order valence-corrected chi connectivity index (χ1v) is 37.1. The third-order valence-electron chi connectivity index (χ3n) is 14.9. The number of carbonyl (C=O) groups excluding carboxylic acids is 5. The van der Waals surface area contributed by atoms with Crippen LogP contribution in [0.3, 0.4) is 0 Å². The molecule has 0 aliphatic rings. The van der Waals surface area contributed by atoms with Crippen LogP contribution in [0.2, 0.25) is 0 Å². The maximum Gasteiger partial charge on any atom is 0.343 e. The van der Waals surface area contributed by atoms with E-state index in [2.05, 4.69) is 34.6 Å². The smallest absolute Gasteiger partial charge is 0.343 e. The van der Waals surface area contributed by atoms with Gasteiger partial charge >= 0.3 is 29.8 Å². The van der Waals surface area contributed by atoms with Crippen LogP contribution < -0.4 is 47.4 Å². The number of rotatable bonds is 30. The number of carbonyl (C=O) groups is 5. The summed E-state index contributed by atoms with van der Waals surface area (Å²) in [7, 11) is 0. The second-order valence-electron chi connectivity index (χ2n) is 23.5. The van der Waals surface area contributed by atoms with Crippen LogP contribution in [0.1, 0.15) is 151 Å². The minimum absolute atomic E-state index is 0. The van der Waals surface area contributed by atoms with Crippen molar-refractivity contribution < 1.29 is 117 Å². The molecule has 0 fully saturated rings. The highest BCUT2D eigenvalue weighted by Gasteiger charge is 2.17. The quantitative estimate of drug-likeness (QED) is 0.0180. The van der Waals surface area contributed by atoms with Gasteiger partial charge in [-0.1, -0.05) is 130 Å². The number of hydrogen-bond acceptors (Lipinski definition) is 15. The van der Waals surface area contributed by atoms with Gasteiger partial charge in [-0.05, 0) is 214 Å². The van der Waals surface area contributed by atoms with Gasteiger partial charge in [0.2, 0.25) is 0 Å². The minimum atomic E-state index is -0.583. The summed E-state index contributed by atoms with van der Waals surface area (Å²) in [4.78, 5) is 60.3. The molecule has 0 spiro atoms. The van der Waals surface area contributed by atoms with E-state index in [0.29, 0.717) is 89.6 Å². The standard InChI is InChI=1S/5C17H16FO3S.5FH/c5*1-2-3-10-20-13-6-4-12(5-7-13)17(19)21-14-8-9-16(22)15(18)11-14;;;;;/h5*4-9,11H,2-3,10H2,1H3;5*1H. The molecule has 0 heterocycles. The van der Waals surface area contributed by atoms with Crippen LogP contribution >= 0.6 is 63.1 Å². The number of halogens is 10. The summed E-state index contributed by atoms with van der Waals surface area (Å²) in [5.74, 6) is -1.59. The zero-order chi connectivity index (χ0) is 79.7. The Hall–Kier alpha value is -11.1. The van der Waals surface area contributed by atoms with Crippen molar-refractivity contribution in [3.8, 4) is 57.5 Å². The first-order chi connectivity index (χ1) is 53.0. The first kappa shape index (κ1) is 102. The lowest BCUT2D eigenvalue weighted by atomic mass is 10.2. The van der Waals surface area contributed by atoms with E-state index in [1.54, 1.807) is 121 Å². The van der Waals surface area contributed by atoms with E-state index in [0.717, 1.165) is 94.5 Å². The molecule has 0 aliphatic carbocycles. The Morgan fingerprint density at radius 3 is 0.478 bits per heavy atom. The van der Waals surface area contributed by atoms with Crippen LogP contribution in [0.5, 0.6) is 57.5 Å². The van der Waals surface area contributed by atoms with Gasteiger partial charge in [0.1, 0.15) is 86.6 Å². The Morgan fingerprint density at radius 2 is 0.357 bits per heavy atom. The number of ether oxygens (including phenoxy) is 10. The highest BCUT2D eigenvalue weighted by Crippen LogP contribution is 2.28. The number of esters is 5. The van der Waals surface area contributed by atoms with E-state index in [1.165, 1.54) is 60.7 Å². The van der Waals surface area contributed by atoms with Crippen LogP contribution in [0, 0.1) is 29.1 Å². The number of benzene rings is 10. The van der Waals surface area contributed by atoms with Gasteiger partial charge in [-0.15, -0.1) is 0 Å². The van der Waals surface area contributed by atoms with Gasteiger partial charge in [-0.2, -0.15) is 0 Å². The molecule has 10 aromatic rings. The average molecular weight is 1700 g/mol. The molecule has 5 radical (unpaired) electrons. The molecule has 0 unspecified atom stereocenters. The lowest BCUT2D eigenvalue weighted by molar-refractivity contribution is 0.0724. The van der Waals surface area contributed by atoms with E-state index < -0.39 is 58.9 Å². The van der Waals surface area contributed by atoms with Gasteiger partial charge in [0, 0.05) is 30.3 Å². The summed E-state index contributed by atoms with van der Waals surface area (Å²) in [6.07, 6.45) is 10.2. The third kappa shape index (κ3) is 36.8. The van der Waals surface area contributed by atoms with Crippen molar-refractivity contribution in [3.05, 3.63) is 269 Å². The van der Waals surface area contributed by atoms with Gasteiger partial charge in [0.05, 0.1) is 85.3 Å². The van der Waals surface area contributed by atoms with Crippen molar-refractivity contribution in [2.75, 3.05) is 33.0 Å². The van der Waals surface area contributed by atoms with Crippen LogP contribution in [0.4, 0.5) is 45.5 Å². The molecule has 10 rings (SSSR count). The zero-order valence-electron chi connectivity index (χ0n) is 62.9.